The lowest BCUT2D eigenvalue weighted by Gasteiger charge is -2.17. The molecule has 1 saturated heterocycles. The van der Waals surface area contributed by atoms with Gasteiger partial charge in [0.2, 0.25) is 5.95 Å². The van der Waals surface area contributed by atoms with Gasteiger partial charge >= 0.3 is 0 Å². The fraction of sp³-hybridized carbons (Fsp3) is 0.429. The molecule has 1 aliphatic rings. The highest BCUT2D eigenvalue weighted by Crippen LogP contribution is 2.18. The maximum Gasteiger partial charge on any atom is 0.225 e. The average molecular weight is 270 g/mol. The Kier molecular flexibility index (Phi) is 3.71. The molecule has 3 heterocycles. The van der Waals surface area contributed by atoms with Crippen LogP contribution < -0.4 is 10.2 Å². The topological polar surface area (TPSA) is 66.8 Å². The number of nitrogens with zero attached hydrogens (tertiary/aromatic N) is 5. The lowest BCUT2D eigenvalue weighted by molar-refractivity contribution is 0.796. The Labute approximate surface area is 118 Å². The van der Waals surface area contributed by atoms with Crippen molar-refractivity contribution >= 4 is 11.8 Å². The molecule has 2 aromatic heterocycles. The van der Waals surface area contributed by atoms with E-state index in [1.165, 1.54) is 5.56 Å². The summed E-state index contributed by atoms with van der Waals surface area (Å²) >= 11 is 0. The van der Waals surface area contributed by atoms with Crippen molar-refractivity contribution in [3.63, 3.8) is 0 Å². The van der Waals surface area contributed by atoms with E-state index < -0.39 is 0 Å². The highest BCUT2D eigenvalue weighted by Gasteiger charge is 2.24. The Morgan fingerprint density at radius 1 is 1.30 bits per heavy atom. The first kappa shape index (κ1) is 12.8. The number of nitrogens with one attached hydrogen (secondary N) is 1. The molecule has 1 unspecified atom stereocenters. The largest absolute Gasteiger partial charge is 0.365 e. The zero-order valence-electron chi connectivity index (χ0n) is 11.5. The molecule has 3 rings (SSSR count). The molecule has 0 aromatic carbocycles. The monoisotopic (exact) mass is 270 g/mol. The van der Waals surface area contributed by atoms with Crippen molar-refractivity contribution in [1.82, 2.24) is 19.9 Å². The van der Waals surface area contributed by atoms with Crippen LogP contribution in [0, 0.1) is 0 Å². The summed E-state index contributed by atoms with van der Waals surface area (Å²) in [4.78, 5) is 19.2. The van der Waals surface area contributed by atoms with Crippen molar-refractivity contribution in [2.75, 3.05) is 23.3 Å². The van der Waals surface area contributed by atoms with Gasteiger partial charge in [-0.25, -0.2) is 19.9 Å². The first-order valence-electron chi connectivity index (χ1n) is 6.93. The van der Waals surface area contributed by atoms with Gasteiger partial charge in [-0.15, -0.1) is 0 Å². The lowest BCUT2D eigenvalue weighted by atomic mass is 10.2. The highest BCUT2D eigenvalue weighted by atomic mass is 15.3. The van der Waals surface area contributed by atoms with Crippen LogP contribution >= 0.6 is 0 Å². The molecule has 6 nitrogen and oxygen atoms in total. The second kappa shape index (κ2) is 5.81. The standard InChI is InChI=1S/C14H18N6/c1-2-11-7-16-14(17-8-11)20-6-4-12(9-20)19-13-3-5-15-10-18-13/h3,5,7-8,10,12H,2,4,6,9H2,1H3,(H,15,18,19). The molecule has 0 aliphatic carbocycles. The summed E-state index contributed by atoms with van der Waals surface area (Å²) < 4.78 is 0. The van der Waals surface area contributed by atoms with Gasteiger partial charge in [-0.05, 0) is 24.5 Å². The first-order chi connectivity index (χ1) is 9.85. The summed E-state index contributed by atoms with van der Waals surface area (Å²) in [6.07, 6.45) is 9.15. The zero-order chi connectivity index (χ0) is 13.8. The molecule has 20 heavy (non-hydrogen) atoms. The third-order valence-electron chi connectivity index (χ3n) is 3.50. The van der Waals surface area contributed by atoms with Crippen molar-refractivity contribution in [1.29, 1.82) is 0 Å². The van der Waals surface area contributed by atoms with Crippen LogP contribution in [-0.2, 0) is 6.42 Å². The summed E-state index contributed by atoms with van der Waals surface area (Å²) in [5.41, 5.74) is 1.17. The molecule has 0 bridgehead atoms. The summed E-state index contributed by atoms with van der Waals surface area (Å²) in [5, 5.41) is 3.41. The predicted octanol–water partition coefficient (Wildman–Crippen LogP) is 1.52. The Hall–Kier alpha value is -2.24. The summed E-state index contributed by atoms with van der Waals surface area (Å²) in [6, 6.07) is 2.26. The predicted molar refractivity (Wildman–Crippen MR) is 77.7 cm³/mol. The Bertz CT molecular complexity index is 541. The van der Waals surface area contributed by atoms with E-state index in [0.29, 0.717) is 6.04 Å². The SMILES string of the molecule is CCc1cnc(N2CCC(Nc3ccncn3)C2)nc1. The molecule has 0 radical (unpaired) electrons. The minimum atomic E-state index is 0.374. The highest BCUT2D eigenvalue weighted by molar-refractivity contribution is 5.38. The minimum absolute atomic E-state index is 0.374. The molecule has 0 saturated carbocycles. The molecule has 1 aliphatic heterocycles. The molecule has 0 amide bonds. The third kappa shape index (κ3) is 2.84. The van der Waals surface area contributed by atoms with Crippen molar-refractivity contribution in [3.05, 3.63) is 36.5 Å². The number of anilines is 2. The van der Waals surface area contributed by atoms with Crippen LogP contribution in [0.5, 0.6) is 0 Å². The lowest BCUT2D eigenvalue weighted by Crippen LogP contribution is -2.27. The van der Waals surface area contributed by atoms with E-state index in [4.69, 9.17) is 0 Å². The van der Waals surface area contributed by atoms with Crippen LogP contribution in [0.15, 0.2) is 31.0 Å². The number of rotatable bonds is 4. The molecule has 104 valence electrons. The van der Waals surface area contributed by atoms with Gasteiger partial charge in [0.25, 0.3) is 0 Å². The zero-order valence-corrected chi connectivity index (χ0v) is 11.5. The fourth-order valence-corrected chi connectivity index (χ4v) is 2.34. The van der Waals surface area contributed by atoms with E-state index in [2.05, 4.69) is 37.1 Å². The number of aromatic nitrogens is 4. The van der Waals surface area contributed by atoms with Gasteiger partial charge in [0.1, 0.15) is 12.1 Å². The smallest absolute Gasteiger partial charge is 0.225 e. The van der Waals surface area contributed by atoms with E-state index in [0.717, 1.165) is 37.7 Å². The molecule has 6 heteroatoms. The molecule has 1 atom stereocenters. The second-order valence-corrected chi connectivity index (χ2v) is 4.92. The van der Waals surface area contributed by atoms with Crippen LogP contribution in [0.3, 0.4) is 0 Å². The van der Waals surface area contributed by atoms with Crippen molar-refractivity contribution in [2.45, 2.75) is 25.8 Å². The van der Waals surface area contributed by atoms with Crippen LogP contribution in [0.25, 0.3) is 0 Å². The minimum Gasteiger partial charge on any atom is -0.365 e. The maximum atomic E-state index is 4.43. The van der Waals surface area contributed by atoms with Crippen molar-refractivity contribution in [2.24, 2.45) is 0 Å². The summed E-state index contributed by atoms with van der Waals surface area (Å²) in [7, 11) is 0. The van der Waals surface area contributed by atoms with Crippen molar-refractivity contribution < 1.29 is 0 Å². The van der Waals surface area contributed by atoms with Gasteiger partial charge in [-0.3, -0.25) is 0 Å². The maximum absolute atomic E-state index is 4.43. The molecular formula is C14H18N6. The Morgan fingerprint density at radius 3 is 2.85 bits per heavy atom. The molecule has 1 N–H and O–H groups in total. The van der Waals surface area contributed by atoms with Gasteiger partial charge in [-0.2, -0.15) is 0 Å². The van der Waals surface area contributed by atoms with Gasteiger partial charge in [-0.1, -0.05) is 6.92 Å². The number of hydrogen-bond donors (Lipinski definition) is 1. The molecule has 0 spiro atoms. The van der Waals surface area contributed by atoms with Crippen LogP contribution in [-0.4, -0.2) is 39.1 Å². The molecule has 1 fully saturated rings. The van der Waals surface area contributed by atoms with E-state index in [1.807, 2.05) is 18.5 Å². The van der Waals surface area contributed by atoms with E-state index in [1.54, 1.807) is 12.5 Å². The fourth-order valence-electron chi connectivity index (χ4n) is 2.34. The van der Waals surface area contributed by atoms with Gasteiger partial charge in [0.05, 0.1) is 0 Å². The Balaban J connectivity index is 1.61. The quantitative estimate of drug-likeness (QED) is 0.908. The van der Waals surface area contributed by atoms with Gasteiger partial charge in [0, 0.05) is 37.7 Å². The van der Waals surface area contributed by atoms with E-state index >= 15 is 0 Å². The van der Waals surface area contributed by atoms with Gasteiger partial charge in [0.15, 0.2) is 0 Å². The summed E-state index contributed by atoms with van der Waals surface area (Å²) in [5.74, 6) is 1.68. The summed E-state index contributed by atoms with van der Waals surface area (Å²) in [6.45, 7) is 3.97. The molecular weight excluding hydrogens is 252 g/mol. The van der Waals surface area contributed by atoms with E-state index in [9.17, 15) is 0 Å². The normalized spacial score (nSPS) is 18.2. The van der Waals surface area contributed by atoms with Crippen molar-refractivity contribution in [3.8, 4) is 0 Å². The van der Waals surface area contributed by atoms with Crippen LogP contribution in [0.4, 0.5) is 11.8 Å². The second-order valence-electron chi connectivity index (χ2n) is 4.92. The van der Waals surface area contributed by atoms with Crippen LogP contribution in [0.2, 0.25) is 0 Å². The Morgan fingerprint density at radius 2 is 2.15 bits per heavy atom. The first-order valence-corrected chi connectivity index (χ1v) is 6.93. The third-order valence-corrected chi connectivity index (χ3v) is 3.50. The number of aryl methyl sites for hydroxylation is 1. The number of hydrogen-bond acceptors (Lipinski definition) is 6. The average Bonchev–Trinajstić information content (AvgIpc) is 2.97. The van der Waals surface area contributed by atoms with Gasteiger partial charge < -0.3 is 10.2 Å². The van der Waals surface area contributed by atoms with Crippen LogP contribution in [0.1, 0.15) is 18.9 Å². The van der Waals surface area contributed by atoms with E-state index in [-0.39, 0.29) is 0 Å². The molecule has 2 aromatic rings.